The predicted octanol–water partition coefficient (Wildman–Crippen LogP) is 3.48. The SMILES string of the molecule is CC(=O)N[C@H]1C[C@@H](c2cnn3cccnc23)O[C@@H](c2ccc(Cl)cc2)C1. The van der Waals surface area contributed by atoms with Crippen LogP contribution in [-0.2, 0) is 9.53 Å². The largest absolute Gasteiger partial charge is 0.365 e. The van der Waals surface area contributed by atoms with Crippen LogP contribution in [-0.4, -0.2) is 26.5 Å². The van der Waals surface area contributed by atoms with Crippen molar-refractivity contribution in [2.24, 2.45) is 0 Å². The van der Waals surface area contributed by atoms with Crippen molar-refractivity contribution in [1.29, 1.82) is 0 Å². The van der Waals surface area contributed by atoms with E-state index in [9.17, 15) is 4.79 Å². The first-order chi connectivity index (χ1) is 12.6. The van der Waals surface area contributed by atoms with E-state index in [-0.39, 0.29) is 24.2 Å². The Hall–Kier alpha value is -2.44. The lowest BCUT2D eigenvalue weighted by atomic mass is 9.92. The summed E-state index contributed by atoms with van der Waals surface area (Å²) in [4.78, 5) is 16.0. The molecular formula is C19H19ClN4O2. The zero-order valence-corrected chi connectivity index (χ0v) is 15.1. The van der Waals surface area contributed by atoms with Gasteiger partial charge >= 0.3 is 0 Å². The molecule has 0 saturated carbocycles. The molecule has 1 aliphatic rings. The molecule has 3 aromatic rings. The van der Waals surface area contributed by atoms with Gasteiger partial charge in [0.15, 0.2) is 5.65 Å². The molecular weight excluding hydrogens is 352 g/mol. The molecule has 1 aliphatic heterocycles. The molecule has 7 heteroatoms. The Labute approximate surface area is 156 Å². The van der Waals surface area contributed by atoms with Crippen molar-refractivity contribution in [2.45, 2.75) is 38.0 Å². The first-order valence-corrected chi connectivity index (χ1v) is 8.94. The van der Waals surface area contributed by atoms with E-state index in [0.717, 1.165) is 16.8 Å². The fourth-order valence-electron chi connectivity index (χ4n) is 3.49. The van der Waals surface area contributed by atoms with Crippen molar-refractivity contribution in [3.63, 3.8) is 0 Å². The molecule has 1 N–H and O–H groups in total. The van der Waals surface area contributed by atoms with Gasteiger partial charge in [-0.2, -0.15) is 5.10 Å². The summed E-state index contributed by atoms with van der Waals surface area (Å²) < 4.78 is 8.12. The van der Waals surface area contributed by atoms with Gasteiger partial charge in [-0.05, 0) is 36.6 Å². The summed E-state index contributed by atoms with van der Waals surface area (Å²) in [5.74, 6) is -0.0384. The van der Waals surface area contributed by atoms with E-state index in [1.165, 1.54) is 0 Å². The molecule has 4 rings (SSSR count). The zero-order chi connectivity index (χ0) is 18.1. The first-order valence-electron chi connectivity index (χ1n) is 8.56. The molecule has 1 amide bonds. The van der Waals surface area contributed by atoms with Gasteiger partial charge in [-0.3, -0.25) is 4.79 Å². The summed E-state index contributed by atoms with van der Waals surface area (Å²) in [5.41, 5.74) is 2.74. The molecule has 6 nitrogen and oxygen atoms in total. The third-order valence-corrected chi connectivity index (χ3v) is 4.88. The van der Waals surface area contributed by atoms with Gasteiger partial charge < -0.3 is 10.1 Å². The van der Waals surface area contributed by atoms with Crippen LogP contribution < -0.4 is 5.32 Å². The molecule has 3 atom stereocenters. The monoisotopic (exact) mass is 370 g/mol. The molecule has 1 saturated heterocycles. The normalized spacial score (nSPS) is 23.1. The standard InChI is InChI=1S/C19H19ClN4O2/c1-12(25)23-15-9-17(13-3-5-14(20)6-4-13)26-18(10-15)16-11-22-24-8-2-7-21-19(16)24/h2-8,11,15,17-18H,9-10H2,1H3,(H,23,25)/t15-,17-,18+/m1/s1. The number of hydrogen-bond acceptors (Lipinski definition) is 4. The van der Waals surface area contributed by atoms with Crippen LogP contribution in [0.1, 0.15) is 43.1 Å². The summed E-state index contributed by atoms with van der Waals surface area (Å²) in [6.07, 6.45) is 6.45. The van der Waals surface area contributed by atoms with Crippen molar-refractivity contribution < 1.29 is 9.53 Å². The number of ether oxygens (including phenoxy) is 1. The highest BCUT2D eigenvalue weighted by molar-refractivity contribution is 6.30. The molecule has 0 spiro atoms. The van der Waals surface area contributed by atoms with Crippen molar-refractivity contribution in [3.8, 4) is 0 Å². The van der Waals surface area contributed by atoms with Gasteiger partial charge in [-0.1, -0.05) is 23.7 Å². The van der Waals surface area contributed by atoms with Crippen molar-refractivity contribution in [3.05, 3.63) is 65.1 Å². The Bertz CT molecular complexity index is 925. The highest BCUT2D eigenvalue weighted by Gasteiger charge is 2.33. The van der Waals surface area contributed by atoms with Crippen LogP contribution in [0, 0.1) is 0 Å². The summed E-state index contributed by atoms with van der Waals surface area (Å²) in [7, 11) is 0. The first kappa shape index (κ1) is 17.0. The number of fused-ring (bicyclic) bond motifs is 1. The van der Waals surface area contributed by atoms with Crippen LogP contribution in [0.2, 0.25) is 5.02 Å². The summed E-state index contributed by atoms with van der Waals surface area (Å²) >= 11 is 6.01. The van der Waals surface area contributed by atoms with E-state index in [2.05, 4.69) is 15.4 Å². The maximum Gasteiger partial charge on any atom is 0.217 e. The fourth-order valence-corrected chi connectivity index (χ4v) is 3.62. The maximum atomic E-state index is 11.6. The minimum Gasteiger partial charge on any atom is -0.365 e. The summed E-state index contributed by atoms with van der Waals surface area (Å²) in [5, 5.41) is 8.09. The summed E-state index contributed by atoms with van der Waals surface area (Å²) in [6.45, 7) is 1.54. The van der Waals surface area contributed by atoms with Crippen LogP contribution in [0.4, 0.5) is 0 Å². The van der Waals surface area contributed by atoms with Crippen LogP contribution in [0.15, 0.2) is 48.9 Å². The third kappa shape index (κ3) is 3.43. The van der Waals surface area contributed by atoms with E-state index in [4.69, 9.17) is 16.3 Å². The lowest BCUT2D eigenvalue weighted by molar-refractivity contribution is -0.122. The number of nitrogens with one attached hydrogen (secondary N) is 1. The number of amides is 1. The fraction of sp³-hybridized carbons (Fsp3) is 0.316. The van der Waals surface area contributed by atoms with E-state index >= 15 is 0 Å². The number of benzene rings is 1. The van der Waals surface area contributed by atoms with Gasteiger partial charge in [-0.25, -0.2) is 9.50 Å². The molecule has 134 valence electrons. The Morgan fingerprint density at radius 1 is 1.27 bits per heavy atom. The van der Waals surface area contributed by atoms with Gasteiger partial charge in [0, 0.05) is 35.9 Å². The lowest BCUT2D eigenvalue weighted by Gasteiger charge is -2.35. The Morgan fingerprint density at radius 3 is 2.81 bits per heavy atom. The van der Waals surface area contributed by atoms with Crippen molar-refractivity contribution in [1.82, 2.24) is 19.9 Å². The molecule has 2 aromatic heterocycles. The van der Waals surface area contributed by atoms with E-state index in [1.54, 1.807) is 23.8 Å². The average molecular weight is 371 g/mol. The Morgan fingerprint density at radius 2 is 2.04 bits per heavy atom. The number of aromatic nitrogens is 3. The Balaban J connectivity index is 1.67. The molecule has 3 heterocycles. The zero-order valence-electron chi connectivity index (χ0n) is 14.3. The third-order valence-electron chi connectivity index (χ3n) is 4.63. The van der Waals surface area contributed by atoms with E-state index in [1.807, 2.05) is 36.5 Å². The second-order valence-electron chi connectivity index (χ2n) is 6.52. The van der Waals surface area contributed by atoms with Gasteiger partial charge in [0.1, 0.15) is 0 Å². The van der Waals surface area contributed by atoms with E-state index in [0.29, 0.717) is 17.9 Å². The smallest absolute Gasteiger partial charge is 0.217 e. The topological polar surface area (TPSA) is 68.5 Å². The molecule has 26 heavy (non-hydrogen) atoms. The molecule has 0 unspecified atom stereocenters. The number of hydrogen-bond donors (Lipinski definition) is 1. The molecule has 0 aliphatic carbocycles. The van der Waals surface area contributed by atoms with Crippen LogP contribution >= 0.6 is 11.6 Å². The number of nitrogens with zero attached hydrogens (tertiary/aromatic N) is 3. The van der Waals surface area contributed by atoms with Gasteiger partial charge in [0.05, 0.1) is 18.4 Å². The highest BCUT2D eigenvalue weighted by Crippen LogP contribution is 2.39. The predicted molar refractivity (Wildman–Crippen MR) is 97.8 cm³/mol. The molecule has 0 bridgehead atoms. The number of rotatable bonds is 3. The van der Waals surface area contributed by atoms with Crippen molar-refractivity contribution in [2.75, 3.05) is 0 Å². The van der Waals surface area contributed by atoms with Crippen LogP contribution in [0.3, 0.4) is 0 Å². The quantitative estimate of drug-likeness (QED) is 0.766. The second kappa shape index (κ2) is 7.05. The molecule has 1 aromatic carbocycles. The number of carbonyl (C=O) groups excluding carboxylic acids is 1. The van der Waals surface area contributed by atoms with Crippen LogP contribution in [0.25, 0.3) is 5.65 Å². The van der Waals surface area contributed by atoms with Crippen molar-refractivity contribution >= 4 is 23.2 Å². The van der Waals surface area contributed by atoms with Gasteiger partial charge in [-0.15, -0.1) is 0 Å². The number of carbonyl (C=O) groups is 1. The van der Waals surface area contributed by atoms with Crippen LogP contribution in [0.5, 0.6) is 0 Å². The lowest BCUT2D eigenvalue weighted by Crippen LogP contribution is -2.39. The average Bonchev–Trinajstić information content (AvgIpc) is 3.05. The second-order valence-corrected chi connectivity index (χ2v) is 6.96. The minimum absolute atomic E-state index is 0.0191. The van der Waals surface area contributed by atoms with Gasteiger partial charge in [0.25, 0.3) is 0 Å². The molecule has 0 radical (unpaired) electrons. The summed E-state index contributed by atoms with van der Waals surface area (Å²) in [6, 6.07) is 9.50. The number of halogens is 1. The van der Waals surface area contributed by atoms with E-state index < -0.39 is 0 Å². The van der Waals surface area contributed by atoms with Gasteiger partial charge in [0.2, 0.25) is 5.91 Å². The Kier molecular flexibility index (Phi) is 4.61. The highest BCUT2D eigenvalue weighted by atomic mass is 35.5. The maximum absolute atomic E-state index is 11.6. The molecule has 1 fully saturated rings. The minimum atomic E-state index is -0.200.